The van der Waals surface area contributed by atoms with Crippen LogP contribution >= 0.6 is 0 Å². The van der Waals surface area contributed by atoms with E-state index in [1.54, 1.807) is 13.8 Å². The third-order valence-electron chi connectivity index (χ3n) is 4.55. The van der Waals surface area contributed by atoms with Gasteiger partial charge in [0, 0.05) is 12.1 Å². The molecule has 1 saturated heterocycles. The number of carbonyl (C=O) groups excluding carboxylic acids is 1. The fourth-order valence-electron chi connectivity index (χ4n) is 3.12. The molecule has 1 aliphatic heterocycles. The van der Waals surface area contributed by atoms with Crippen LogP contribution in [0.3, 0.4) is 0 Å². The van der Waals surface area contributed by atoms with E-state index in [4.69, 9.17) is 11.2 Å². The zero-order chi connectivity index (χ0) is 19.2. The van der Waals surface area contributed by atoms with Gasteiger partial charge in [0.2, 0.25) is 0 Å². The number of fused-ring (bicyclic) bond motifs is 1. The standard InChI is InChI=1S/C17H19N3O6/c1-4-17(25)13(23)10(6-21)26-16(17)20-5-9(12(22)8(2)3)11-14(20)18-7-19-15(11)24/h1,5,7-8,10,13,16,21,23,25H,6H2,2-3H3,(H,18,19,24). The fraction of sp³-hybridized carbons (Fsp3) is 0.471. The molecule has 2 aromatic rings. The van der Waals surface area contributed by atoms with Crippen molar-refractivity contribution in [2.75, 3.05) is 6.61 Å². The molecule has 4 unspecified atom stereocenters. The second kappa shape index (κ2) is 6.34. The van der Waals surface area contributed by atoms with E-state index in [0.717, 1.165) is 6.33 Å². The van der Waals surface area contributed by atoms with Crippen molar-refractivity contribution in [3.05, 3.63) is 28.4 Å². The predicted octanol–water partition coefficient (Wildman–Crippen LogP) is -0.822. The Bertz CT molecular complexity index is 956. The first kappa shape index (κ1) is 18.3. The molecule has 0 amide bonds. The summed E-state index contributed by atoms with van der Waals surface area (Å²) in [4.78, 5) is 31.3. The van der Waals surface area contributed by atoms with Crippen LogP contribution in [0, 0.1) is 18.3 Å². The Morgan fingerprint density at radius 1 is 1.58 bits per heavy atom. The maximum atomic E-state index is 12.5. The Balaban J connectivity index is 2.27. The van der Waals surface area contributed by atoms with E-state index in [0.29, 0.717) is 0 Å². The zero-order valence-corrected chi connectivity index (χ0v) is 14.2. The summed E-state index contributed by atoms with van der Waals surface area (Å²) in [6, 6.07) is 0. The second-order valence-electron chi connectivity index (χ2n) is 6.52. The number of nitrogens with zero attached hydrogens (tertiary/aromatic N) is 2. The van der Waals surface area contributed by atoms with Gasteiger partial charge in [-0.05, 0) is 0 Å². The molecule has 1 fully saturated rings. The molecular weight excluding hydrogens is 342 g/mol. The average Bonchev–Trinajstić information content (AvgIpc) is 3.12. The maximum Gasteiger partial charge on any atom is 0.260 e. The lowest BCUT2D eigenvalue weighted by Gasteiger charge is -2.26. The van der Waals surface area contributed by atoms with Crippen LogP contribution in [-0.4, -0.2) is 60.1 Å². The number of terminal acetylenes is 1. The summed E-state index contributed by atoms with van der Waals surface area (Å²) in [5.74, 6) is 1.41. The molecule has 1 aliphatic rings. The Kier molecular flexibility index (Phi) is 4.46. The van der Waals surface area contributed by atoms with E-state index in [9.17, 15) is 24.9 Å². The minimum atomic E-state index is -2.18. The SMILES string of the molecule is C#CC1(O)C(O)C(CO)OC1n1cc(C(=O)C(C)C)c2c(=O)[nH]cnc21. The maximum absolute atomic E-state index is 12.5. The van der Waals surface area contributed by atoms with Crippen LogP contribution in [0.15, 0.2) is 17.3 Å². The van der Waals surface area contributed by atoms with Gasteiger partial charge >= 0.3 is 0 Å². The molecule has 3 heterocycles. The van der Waals surface area contributed by atoms with Crippen LogP contribution in [0.5, 0.6) is 0 Å². The Labute approximate surface area is 148 Å². The molecule has 4 N–H and O–H groups in total. The van der Waals surface area contributed by atoms with Gasteiger partial charge in [0.05, 0.1) is 23.9 Å². The van der Waals surface area contributed by atoms with E-state index >= 15 is 0 Å². The summed E-state index contributed by atoms with van der Waals surface area (Å²) in [6.45, 7) is 2.80. The van der Waals surface area contributed by atoms with Gasteiger partial charge in [-0.15, -0.1) is 6.42 Å². The first-order valence-corrected chi connectivity index (χ1v) is 8.03. The number of hydrogen-bond donors (Lipinski definition) is 4. The number of aliphatic hydroxyl groups is 3. The van der Waals surface area contributed by atoms with Crippen molar-refractivity contribution in [1.29, 1.82) is 0 Å². The van der Waals surface area contributed by atoms with Gasteiger partial charge in [-0.25, -0.2) is 4.98 Å². The lowest BCUT2D eigenvalue weighted by atomic mass is 9.95. The molecule has 26 heavy (non-hydrogen) atoms. The molecule has 0 saturated carbocycles. The summed E-state index contributed by atoms with van der Waals surface area (Å²) in [6.07, 6.45) is 3.84. The fourth-order valence-corrected chi connectivity index (χ4v) is 3.12. The van der Waals surface area contributed by atoms with Crippen molar-refractivity contribution in [3.8, 4) is 12.3 Å². The number of ketones is 1. The normalized spacial score (nSPS) is 28.6. The number of aliphatic hydroxyl groups excluding tert-OH is 2. The molecule has 0 radical (unpaired) electrons. The van der Waals surface area contributed by atoms with Crippen LogP contribution < -0.4 is 5.56 Å². The molecule has 0 bridgehead atoms. The number of hydrogen-bond acceptors (Lipinski definition) is 7. The Morgan fingerprint density at radius 3 is 2.85 bits per heavy atom. The molecule has 3 rings (SSSR count). The van der Waals surface area contributed by atoms with E-state index in [2.05, 4.69) is 15.9 Å². The molecular formula is C17H19N3O6. The van der Waals surface area contributed by atoms with Crippen molar-refractivity contribution >= 4 is 16.8 Å². The smallest absolute Gasteiger partial charge is 0.260 e. The predicted molar refractivity (Wildman–Crippen MR) is 90.3 cm³/mol. The van der Waals surface area contributed by atoms with Crippen LogP contribution in [0.4, 0.5) is 0 Å². The van der Waals surface area contributed by atoms with Gasteiger partial charge in [-0.2, -0.15) is 0 Å². The number of aromatic amines is 1. The highest BCUT2D eigenvalue weighted by Crippen LogP contribution is 2.40. The summed E-state index contributed by atoms with van der Waals surface area (Å²) < 4.78 is 6.77. The van der Waals surface area contributed by atoms with Crippen molar-refractivity contribution < 1.29 is 24.9 Å². The molecule has 9 heteroatoms. The molecule has 0 spiro atoms. The summed E-state index contributed by atoms with van der Waals surface area (Å²) in [5, 5.41) is 30.3. The number of ether oxygens (including phenoxy) is 1. The highest BCUT2D eigenvalue weighted by atomic mass is 16.6. The molecule has 4 atom stereocenters. The van der Waals surface area contributed by atoms with Gasteiger partial charge in [-0.3, -0.25) is 9.59 Å². The summed E-state index contributed by atoms with van der Waals surface area (Å²) in [5.41, 5.74) is -2.53. The first-order chi connectivity index (χ1) is 12.3. The first-order valence-electron chi connectivity index (χ1n) is 8.03. The van der Waals surface area contributed by atoms with Crippen molar-refractivity contribution in [3.63, 3.8) is 0 Å². The average molecular weight is 361 g/mol. The number of rotatable bonds is 4. The highest BCUT2D eigenvalue weighted by molar-refractivity contribution is 6.07. The van der Waals surface area contributed by atoms with Gasteiger partial charge in [0.25, 0.3) is 5.56 Å². The van der Waals surface area contributed by atoms with E-state index in [1.165, 1.54) is 10.8 Å². The third kappa shape index (κ3) is 2.47. The van der Waals surface area contributed by atoms with Crippen LogP contribution in [0.1, 0.15) is 30.4 Å². The Morgan fingerprint density at radius 2 is 2.27 bits per heavy atom. The number of nitrogens with one attached hydrogen (secondary N) is 1. The van der Waals surface area contributed by atoms with Crippen LogP contribution in [-0.2, 0) is 4.74 Å². The summed E-state index contributed by atoms with van der Waals surface area (Å²) >= 11 is 0. The number of carbonyl (C=O) groups is 1. The molecule has 2 aromatic heterocycles. The molecule has 0 aliphatic carbocycles. The third-order valence-corrected chi connectivity index (χ3v) is 4.55. The monoisotopic (exact) mass is 361 g/mol. The van der Waals surface area contributed by atoms with Gasteiger partial charge < -0.3 is 29.6 Å². The van der Waals surface area contributed by atoms with Gasteiger partial charge in [0.1, 0.15) is 17.9 Å². The van der Waals surface area contributed by atoms with Crippen LogP contribution in [0.2, 0.25) is 0 Å². The highest BCUT2D eigenvalue weighted by Gasteiger charge is 2.55. The van der Waals surface area contributed by atoms with Crippen molar-refractivity contribution in [2.24, 2.45) is 5.92 Å². The molecule has 0 aromatic carbocycles. The molecule has 9 nitrogen and oxygen atoms in total. The topological polar surface area (TPSA) is 138 Å². The molecule has 138 valence electrons. The lowest BCUT2D eigenvalue weighted by molar-refractivity contribution is -0.0718. The minimum Gasteiger partial charge on any atom is -0.394 e. The van der Waals surface area contributed by atoms with Crippen molar-refractivity contribution in [2.45, 2.75) is 37.9 Å². The Hall–Kier alpha value is -2.51. The van der Waals surface area contributed by atoms with E-state index in [-0.39, 0.29) is 28.3 Å². The number of aromatic nitrogens is 3. The second-order valence-corrected chi connectivity index (χ2v) is 6.52. The largest absolute Gasteiger partial charge is 0.394 e. The lowest BCUT2D eigenvalue weighted by Crippen LogP contribution is -2.45. The van der Waals surface area contributed by atoms with E-state index in [1.807, 2.05) is 0 Å². The quantitative estimate of drug-likeness (QED) is 0.412. The zero-order valence-electron chi connectivity index (χ0n) is 14.2. The number of H-pyrrole nitrogens is 1. The minimum absolute atomic E-state index is 0.0381. The van der Waals surface area contributed by atoms with Gasteiger partial charge in [-0.1, -0.05) is 19.8 Å². The van der Waals surface area contributed by atoms with Crippen LogP contribution in [0.25, 0.3) is 11.0 Å². The van der Waals surface area contributed by atoms with Gasteiger partial charge in [0.15, 0.2) is 17.6 Å². The number of Topliss-reactive ketones (excluding diaryl/α,β-unsaturated/α-hetero) is 1. The summed E-state index contributed by atoms with van der Waals surface area (Å²) in [7, 11) is 0. The van der Waals surface area contributed by atoms with Crippen molar-refractivity contribution in [1.82, 2.24) is 14.5 Å². The van der Waals surface area contributed by atoms with E-state index < -0.39 is 36.2 Å².